The molecule has 0 aliphatic carbocycles. The van der Waals surface area contributed by atoms with E-state index in [1.165, 1.54) is 0 Å². The van der Waals surface area contributed by atoms with E-state index < -0.39 is 18.0 Å². The topological polar surface area (TPSA) is 102 Å². The molecule has 0 aliphatic heterocycles. The lowest BCUT2D eigenvalue weighted by Gasteiger charge is -2.05. The minimum atomic E-state index is -1.13. The molecule has 0 aromatic carbocycles. The Balaban J connectivity index is 3.79. The van der Waals surface area contributed by atoms with Crippen molar-refractivity contribution in [3.05, 3.63) is 17.1 Å². The zero-order valence-electron chi connectivity index (χ0n) is 8.08. The van der Waals surface area contributed by atoms with E-state index in [2.05, 4.69) is 14.7 Å². The summed E-state index contributed by atoms with van der Waals surface area (Å²) in [6.07, 6.45) is 0.609. The van der Waals surface area contributed by atoms with Crippen LogP contribution in [0.25, 0.3) is 0 Å². The fourth-order valence-corrected chi connectivity index (χ4v) is 0.569. The van der Waals surface area contributed by atoms with E-state index >= 15 is 0 Å². The van der Waals surface area contributed by atoms with Gasteiger partial charge in [0, 0.05) is 12.2 Å². The van der Waals surface area contributed by atoms with Crippen LogP contribution in [0.2, 0.25) is 0 Å². The second kappa shape index (κ2) is 7.63. The standard InChI is InChI=1S/C8H11NO6/c1-14-7(11)2-3-8(12)15-5-6(10)4-9-13/h2-3,6,10H,4-5H2,1H3/b3-2+. The van der Waals surface area contributed by atoms with Gasteiger partial charge in [-0.3, -0.25) is 0 Å². The zero-order chi connectivity index (χ0) is 11.7. The van der Waals surface area contributed by atoms with E-state index in [0.29, 0.717) is 0 Å². The molecule has 7 heteroatoms. The number of ether oxygens (including phenoxy) is 2. The number of nitrogens with zero attached hydrogens (tertiary/aromatic N) is 1. The molecule has 84 valence electrons. The first kappa shape index (κ1) is 13.2. The van der Waals surface area contributed by atoms with Crippen molar-refractivity contribution < 1.29 is 24.2 Å². The van der Waals surface area contributed by atoms with Crippen molar-refractivity contribution in [1.82, 2.24) is 0 Å². The quantitative estimate of drug-likeness (QED) is 0.361. The maximum absolute atomic E-state index is 10.8. The van der Waals surface area contributed by atoms with Gasteiger partial charge in [0.25, 0.3) is 0 Å². The van der Waals surface area contributed by atoms with Crippen LogP contribution in [0.1, 0.15) is 0 Å². The van der Waals surface area contributed by atoms with Gasteiger partial charge < -0.3 is 14.6 Å². The van der Waals surface area contributed by atoms with Crippen molar-refractivity contribution >= 4 is 11.9 Å². The van der Waals surface area contributed by atoms with Gasteiger partial charge in [-0.05, 0) is 0 Å². The molecular weight excluding hydrogens is 206 g/mol. The minimum Gasteiger partial charge on any atom is -0.466 e. The highest BCUT2D eigenvalue weighted by Crippen LogP contribution is 1.89. The van der Waals surface area contributed by atoms with Crippen LogP contribution >= 0.6 is 0 Å². The van der Waals surface area contributed by atoms with Gasteiger partial charge >= 0.3 is 11.9 Å². The zero-order valence-corrected chi connectivity index (χ0v) is 8.08. The molecule has 0 fully saturated rings. The Bertz CT molecular complexity index is 262. The summed E-state index contributed by atoms with van der Waals surface area (Å²) in [4.78, 5) is 31.1. The molecule has 0 aliphatic rings. The first-order chi connectivity index (χ1) is 7.10. The van der Waals surface area contributed by atoms with Crippen LogP contribution in [-0.4, -0.2) is 43.4 Å². The Morgan fingerprint density at radius 2 is 2.00 bits per heavy atom. The lowest BCUT2D eigenvalue weighted by atomic mass is 10.4. The maximum Gasteiger partial charge on any atom is 0.331 e. The predicted molar refractivity (Wildman–Crippen MR) is 48.8 cm³/mol. The molecule has 0 saturated carbocycles. The number of hydrogen-bond donors (Lipinski definition) is 1. The lowest BCUT2D eigenvalue weighted by molar-refractivity contribution is -0.141. The van der Waals surface area contributed by atoms with Crippen LogP contribution in [0.4, 0.5) is 0 Å². The highest BCUT2D eigenvalue weighted by Gasteiger charge is 2.06. The van der Waals surface area contributed by atoms with Crippen LogP contribution in [0, 0.1) is 4.91 Å². The van der Waals surface area contributed by atoms with Gasteiger partial charge in [-0.2, -0.15) is 4.91 Å². The van der Waals surface area contributed by atoms with Gasteiger partial charge in [-0.25, -0.2) is 9.59 Å². The van der Waals surface area contributed by atoms with Crippen molar-refractivity contribution in [3.8, 4) is 0 Å². The van der Waals surface area contributed by atoms with E-state index in [1.807, 2.05) is 0 Å². The summed E-state index contributed by atoms with van der Waals surface area (Å²) in [5.74, 6) is -1.51. The molecule has 0 spiro atoms. The van der Waals surface area contributed by atoms with Gasteiger partial charge in [0.1, 0.15) is 19.3 Å². The molecule has 0 bridgehead atoms. The van der Waals surface area contributed by atoms with Crippen molar-refractivity contribution in [1.29, 1.82) is 0 Å². The summed E-state index contributed by atoms with van der Waals surface area (Å²) in [7, 11) is 1.16. The molecule has 0 aromatic rings. The van der Waals surface area contributed by atoms with E-state index in [-0.39, 0.29) is 13.2 Å². The molecule has 0 saturated heterocycles. The van der Waals surface area contributed by atoms with Gasteiger partial charge in [-0.1, -0.05) is 5.18 Å². The summed E-state index contributed by atoms with van der Waals surface area (Å²) in [6, 6.07) is 0. The summed E-state index contributed by atoms with van der Waals surface area (Å²) >= 11 is 0. The normalized spacial score (nSPS) is 12.1. The predicted octanol–water partition coefficient (Wildman–Crippen LogP) is -0.614. The number of aliphatic hydroxyl groups is 1. The average molecular weight is 217 g/mol. The van der Waals surface area contributed by atoms with Gasteiger partial charge in [0.05, 0.1) is 7.11 Å². The second-order valence-corrected chi connectivity index (χ2v) is 2.45. The van der Waals surface area contributed by atoms with Crippen molar-refractivity contribution in [3.63, 3.8) is 0 Å². The number of esters is 2. The fraction of sp³-hybridized carbons (Fsp3) is 0.500. The number of hydrogen-bond acceptors (Lipinski definition) is 7. The van der Waals surface area contributed by atoms with Crippen LogP contribution in [-0.2, 0) is 19.1 Å². The van der Waals surface area contributed by atoms with Gasteiger partial charge in [-0.15, -0.1) is 0 Å². The Morgan fingerprint density at radius 3 is 2.53 bits per heavy atom. The number of rotatable bonds is 6. The summed E-state index contributed by atoms with van der Waals surface area (Å²) in [5.41, 5.74) is 0. The van der Waals surface area contributed by atoms with Crippen molar-refractivity contribution in [2.75, 3.05) is 20.3 Å². The molecule has 1 N–H and O–H groups in total. The lowest BCUT2D eigenvalue weighted by Crippen LogP contribution is -2.20. The van der Waals surface area contributed by atoms with Crippen molar-refractivity contribution in [2.45, 2.75) is 6.10 Å². The summed E-state index contributed by atoms with van der Waals surface area (Å²) in [5, 5.41) is 11.4. The third-order valence-corrected chi connectivity index (χ3v) is 1.26. The van der Waals surface area contributed by atoms with Gasteiger partial charge in [0.2, 0.25) is 0 Å². The molecule has 0 radical (unpaired) electrons. The molecule has 0 amide bonds. The molecule has 1 atom stereocenters. The SMILES string of the molecule is COC(=O)/C=C/C(=O)OCC(O)CN=O. The smallest absolute Gasteiger partial charge is 0.331 e. The molecule has 1 unspecified atom stereocenters. The minimum absolute atomic E-state index is 0.351. The summed E-state index contributed by atoms with van der Waals surface area (Å²) < 4.78 is 8.69. The van der Waals surface area contributed by atoms with Gasteiger partial charge in [0.15, 0.2) is 0 Å². The van der Waals surface area contributed by atoms with Crippen LogP contribution in [0.5, 0.6) is 0 Å². The van der Waals surface area contributed by atoms with E-state index in [1.54, 1.807) is 0 Å². The number of carbonyl (C=O) groups excluding carboxylic acids is 2. The average Bonchev–Trinajstić information content (AvgIpc) is 2.23. The Labute approximate surface area is 85.6 Å². The second-order valence-electron chi connectivity index (χ2n) is 2.45. The fourth-order valence-electron chi connectivity index (χ4n) is 0.569. The number of methoxy groups -OCH3 is 1. The van der Waals surface area contributed by atoms with Crippen LogP contribution in [0.15, 0.2) is 17.3 Å². The molecule has 0 rings (SSSR count). The third kappa shape index (κ3) is 7.32. The highest BCUT2D eigenvalue weighted by atomic mass is 16.5. The Morgan fingerprint density at radius 1 is 1.40 bits per heavy atom. The van der Waals surface area contributed by atoms with Crippen LogP contribution < -0.4 is 0 Å². The third-order valence-electron chi connectivity index (χ3n) is 1.26. The molecule has 7 nitrogen and oxygen atoms in total. The molecule has 15 heavy (non-hydrogen) atoms. The monoisotopic (exact) mass is 217 g/mol. The van der Waals surface area contributed by atoms with Crippen molar-refractivity contribution in [2.24, 2.45) is 5.18 Å². The Kier molecular flexibility index (Phi) is 6.73. The summed E-state index contributed by atoms with van der Waals surface area (Å²) in [6.45, 7) is -0.704. The Hall–Kier alpha value is -1.76. The van der Waals surface area contributed by atoms with E-state index in [9.17, 15) is 14.5 Å². The van der Waals surface area contributed by atoms with E-state index in [4.69, 9.17) is 5.11 Å². The van der Waals surface area contributed by atoms with E-state index in [0.717, 1.165) is 19.3 Å². The highest BCUT2D eigenvalue weighted by molar-refractivity contribution is 5.91. The first-order valence-electron chi connectivity index (χ1n) is 4.00. The maximum atomic E-state index is 10.8. The number of carbonyl (C=O) groups is 2. The number of nitroso groups, excluding NO2 is 1. The first-order valence-corrected chi connectivity index (χ1v) is 4.00. The number of aliphatic hydroxyl groups excluding tert-OH is 1. The van der Waals surface area contributed by atoms with Crippen LogP contribution in [0.3, 0.4) is 0 Å². The molecule has 0 aromatic heterocycles. The largest absolute Gasteiger partial charge is 0.466 e. The molecule has 0 heterocycles. The molecular formula is C8H11NO6.